The second-order valence-corrected chi connectivity index (χ2v) is 4.89. The van der Waals surface area contributed by atoms with Gasteiger partial charge in [-0.1, -0.05) is 12.1 Å². The number of nitrogens with zero attached hydrogens (tertiary/aromatic N) is 2. The van der Waals surface area contributed by atoms with Gasteiger partial charge in [0.25, 0.3) is 0 Å². The summed E-state index contributed by atoms with van der Waals surface area (Å²) in [6.07, 6.45) is 0.901. The molecule has 1 aromatic rings. The summed E-state index contributed by atoms with van der Waals surface area (Å²) in [7, 11) is 1.66. The van der Waals surface area contributed by atoms with E-state index < -0.39 is 0 Å². The average Bonchev–Trinajstić information content (AvgIpc) is 2.59. The molecule has 126 valence electrons. The van der Waals surface area contributed by atoms with E-state index in [-0.39, 0.29) is 0 Å². The third-order valence-corrected chi connectivity index (χ3v) is 3.01. The van der Waals surface area contributed by atoms with Gasteiger partial charge in [0.15, 0.2) is 5.96 Å². The molecule has 0 spiro atoms. The van der Waals surface area contributed by atoms with E-state index in [0.717, 1.165) is 31.0 Å². The maximum atomic E-state index is 8.91. The molecule has 0 saturated heterocycles. The molecule has 2 N–H and O–H groups in total. The molecule has 0 bridgehead atoms. The summed E-state index contributed by atoms with van der Waals surface area (Å²) in [4.78, 5) is 4.53. The molecule has 0 unspecified atom stereocenters. The normalized spacial score (nSPS) is 11.1. The average molecular weight is 318 g/mol. The molecule has 0 heterocycles. The van der Waals surface area contributed by atoms with Crippen LogP contribution in [0.5, 0.6) is 0 Å². The number of aliphatic imine (C=N–C) groups is 1. The van der Waals surface area contributed by atoms with Crippen LogP contribution in [0.2, 0.25) is 0 Å². The van der Waals surface area contributed by atoms with Crippen molar-refractivity contribution >= 4 is 5.96 Å². The van der Waals surface area contributed by atoms with Crippen molar-refractivity contribution in [1.29, 1.82) is 5.26 Å². The lowest BCUT2D eigenvalue weighted by molar-refractivity contribution is 0.0698. The van der Waals surface area contributed by atoms with Crippen LogP contribution in [0.25, 0.3) is 0 Å². The zero-order chi connectivity index (χ0) is 16.8. The van der Waals surface area contributed by atoms with Gasteiger partial charge in [-0.05, 0) is 31.0 Å². The molecule has 1 aromatic carbocycles. The quantitative estimate of drug-likeness (QED) is 0.390. The van der Waals surface area contributed by atoms with Gasteiger partial charge in [-0.2, -0.15) is 5.26 Å². The molecular weight excluding hydrogens is 292 g/mol. The highest BCUT2D eigenvalue weighted by Crippen LogP contribution is 2.05. The molecule has 0 fully saturated rings. The molecule has 0 saturated carbocycles. The highest BCUT2D eigenvalue weighted by Gasteiger charge is 1.98. The minimum absolute atomic E-state index is 0.537. The van der Waals surface area contributed by atoms with Crippen molar-refractivity contribution in [3.8, 4) is 6.07 Å². The third kappa shape index (κ3) is 8.81. The van der Waals surface area contributed by atoms with E-state index in [1.165, 1.54) is 0 Å². The molecule has 0 aliphatic heterocycles. The lowest BCUT2D eigenvalue weighted by Gasteiger charge is -2.11. The minimum Gasteiger partial charge on any atom is -0.382 e. The number of ether oxygens (including phenoxy) is 2. The Morgan fingerprint density at radius 3 is 2.87 bits per heavy atom. The highest BCUT2D eigenvalue weighted by atomic mass is 16.5. The topological polar surface area (TPSA) is 78.7 Å². The van der Waals surface area contributed by atoms with E-state index in [0.29, 0.717) is 31.9 Å². The molecule has 1 rings (SSSR count). The molecule has 0 amide bonds. The SMILES string of the molecule is CCNC(=NCc1cccc(C#N)c1)NCCCOCCOC. The zero-order valence-electron chi connectivity index (χ0n) is 14.0. The Labute approximate surface area is 138 Å². The van der Waals surface area contributed by atoms with Crippen LogP contribution >= 0.6 is 0 Å². The van der Waals surface area contributed by atoms with Crippen LogP contribution in [0.4, 0.5) is 0 Å². The number of hydrogen-bond acceptors (Lipinski definition) is 4. The molecule has 6 heteroatoms. The van der Waals surface area contributed by atoms with E-state index in [1.807, 2.05) is 25.1 Å². The highest BCUT2D eigenvalue weighted by molar-refractivity contribution is 5.79. The number of guanidine groups is 1. The molecule has 0 aromatic heterocycles. The van der Waals surface area contributed by atoms with Gasteiger partial charge in [0.1, 0.15) is 0 Å². The first-order valence-corrected chi connectivity index (χ1v) is 7.88. The third-order valence-electron chi connectivity index (χ3n) is 3.01. The van der Waals surface area contributed by atoms with Crippen LogP contribution in [0.3, 0.4) is 0 Å². The molecule has 0 radical (unpaired) electrons. The summed E-state index contributed by atoms with van der Waals surface area (Å²) in [5, 5.41) is 15.4. The van der Waals surface area contributed by atoms with Crippen LogP contribution in [-0.2, 0) is 16.0 Å². The van der Waals surface area contributed by atoms with Crippen molar-refractivity contribution in [3.05, 3.63) is 35.4 Å². The van der Waals surface area contributed by atoms with Crippen LogP contribution in [-0.4, -0.2) is 46.0 Å². The van der Waals surface area contributed by atoms with Gasteiger partial charge in [0.05, 0.1) is 31.4 Å². The second kappa shape index (κ2) is 12.4. The number of nitriles is 1. The number of hydrogen-bond donors (Lipinski definition) is 2. The maximum absolute atomic E-state index is 8.91. The summed E-state index contributed by atoms with van der Waals surface area (Å²) in [6.45, 7) is 6.10. The Kier molecular flexibility index (Phi) is 10.3. The van der Waals surface area contributed by atoms with Crippen LogP contribution in [0.15, 0.2) is 29.3 Å². The van der Waals surface area contributed by atoms with Crippen molar-refractivity contribution in [2.24, 2.45) is 4.99 Å². The van der Waals surface area contributed by atoms with Crippen LogP contribution in [0.1, 0.15) is 24.5 Å². The first kappa shape index (κ1) is 18.9. The molecule has 0 aliphatic carbocycles. The summed E-state index contributed by atoms with van der Waals surface area (Å²) >= 11 is 0. The Morgan fingerprint density at radius 1 is 1.26 bits per heavy atom. The maximum Gasteiger partial charge on any atom is 0.191 e. The number of rotatable bonds is 10. The Hall–Kier alpha value is -2.10. The summed E-state index contributed by atoms with van der Waals surface area (Å²) in [5.74, 6) is 0.770. The number of methoxy groups -OCH3 is 1. The predicted molar refractivity (Wildman–Crippen MR) is 91.3 cm³/mol. The molecular formula is C17H26N4O2. The summed E-state index contributed by atoms with van der Waals surface area (Å²) < 4.78 is 10.3. The lowest BCUT2D eigenvalue weighted by Crippen LogP contribution is -2.38. The fraction of sp³-hybridized carbons (Fsp3) is 0.529. The van der Waals surface area contributed by atoms with Gasteiger partial charge in [0, 0.05) is 26.8 Å². The standard InChI is InChI=1S/C17H26N4O2/c1-3-19-17(20-8-5-9-23-11-10-22-2)21-14-16-7-4-6-15(12-16)13-18/h4,6-7,12H,3,5,8-11,14H2,1-2H3,(H2,19,20,21). The predicted octanol–water partition coefficient (Wildman–Crippen LogP) is 1.67. The van der Waals surface area contributed by atoms with Crippen molar-refractivity contribution in [2.45, 2.75) is 19.9 Å². The van der Waals surface area contributed by atoms with Gasteiger partial charge in [0.2, 0.25) is 0 Å². The number of nitrogens with one attached hydrogen (secondary N) is 2. The summed E-state index contributed by atoms with van der Waals surface area (Å²) in [5.41, 5.74) is 1.67. The smallest absolute Gasteiger partial charge is 0.191 e. The Balaban J connectivity index is 2.36. The van der Waals surface area contributed by atoms with E-state index in [2.05, 4.69) is 21.7 Å². The van der Waals surface area contributed by atoms with Crippen molar-refractivity contribution in [2.75, 3.05) is 40.0 Å². The van der Waals surface area contributed by atoms with Gasteiger partial charge >= 0.3 is 0 Å². The van der Waals surface area contributed by atoms with Crippen LogP contribution < -0.4 is 10.6 Å². The van der Waals surface area contributed by atoms with Crippen molar-refractivity contribution in [3.63, 3.8) is 0 Å². The number of benzene rings is 1. The molecule has 6 nitrogen and oxygen atoms in total. The van der Waals surface area contributed by atoms with Gasteiger partial charge in [-0.15, -0.1) is 0 Å². The zero-order valence-corrected chi connectivity index (χ0v) is 14.0. The van der Waals surface area contributed by atoms with Gasteiger partial charge in [-0.3, -0.25) is 0 Å². The monoisotopic (exact) mass is 318 g/mol. The Bertz CT molecular complexity index is 512. The van der Waals surface area contributed by atoms with Crippen molar-refractivity contribution < 1.29 is 9.47 Å². The van der Waals surface area contributed by atoms with E-state index in [9.17, 15) is 0 Å². The molecule has 23 heavy (non-hydrogen) atoms. The van der Waals surface area contributed by atoms with E-state index in [4.69, 9.17) is 14.7 Å². The first-order chi connectivity index (χ1) is 11.3. The summed E-state index contributed by atoms with van der Waals surface area (Å²) in [6, 6.07) is 9.64. The van der Waals surface area contributed by atoms with E-state index >= 15 is 0 Å². The van der Waals surface area contributed by atoms with Crippen molar-refractivity contribution in [1.82, 2.24) is 10.6 Å². The lowest BCUT2D eigenvalue weighted by atomic mass is 10.1. The fourth-order valence-electron chi connectivity index (χ4n) is 1.88. The second-order valence-electron chi connectivity index (χ2n) is 4.89. The minimum atomic E-state index is 0.537. The van der Waals surface area contributed by atoms with Gasteiger partial charge < -0.3 is 20.1 Å². The van der Waals surface area contributed by atoms with Gasteiger partial charge in [-0.25, -0.2) is 4.99 Å². The molecule has 0 atom stereocenters. The Morgan fingerprint density at radius 2 is 2.13 bits per heavy atom. The molecule has 0 aliphatic rings. The van der Waals surface area contributed by atoms with Crippen LogP contribution in [0, 0.1) is 11.3 Å². The fourth-order valence-corrected chi connectivity index (χ4v) is 1.88. The van der Waals surface area contributed by atoms with E-state index in [1.54, 1.807) is 13.2 Å². The largest absolute Gasteiger partial charge is 0.382 e. The first-order valence-electron chi connectivity index (χ1n) is 7.88.